The van der Waals surface area contributed by atoms with Gasteiger partial charge in [0.2, 0.25) is 5.91 Å². The summed E-state index contributed by atoms with van der Waals surface area (Å²) in [6.07, 6.45) is 1.84. The van der Waals surface area contributed by atoms with E-state index in [9.17, 15) is 9.59 Å². The molecule has 0 heterocycles. The van der Waals surface area contributed by atoms with Gasteiger partial charge in [-0.25, -0.2) is 0 Å². The van der Waals surface area contributed by atoms with Crippen LogP contribution in [0.5, 0.6) is 0 Å². The lowest BCUT2D eigenvalue weighted by Crippen LogP contribution is -2.40. The van der Waals surface area contributed by atoms with Crippen molar-refractivity contribution in [2.75, 3.05) is 0 Å². The van der Waals surface area contributed by atoms with Gasteiger partial charge in [-0.3, -0.25) is 9.59 Å². The summed E-state index contributed by atoms with van der Waals surface area (Å²) in [5.41, 5.74) is 1.04. The topological polar surface area (TPSA) is 57.6 Å². The molecule has 4 nitrogen and oxygen atoms in total. The summed E-state index contributed by atoms with van der Waals surface area (Å²) < 4.78 is 0. The van der Waals surface area contributed by atoms with E-state index in [1.54, 1.807) is 4.90 Å². The highest BCUT2D eigenvalue weighted by Crippen LogP contribution is 2.35. The third-order valence-electron chi connectivity index (χ3n) is 3.61. The Bertz CT molecular complexity index is 454. The smallest absolute Gasteiger partial charge is 0.312 e. The number of carbonyl (C=O) groups is 2. The minimum absolute atomic E-state index is 0.118. The van der Waals surface area contributed by atoms with E-state index >= 15 is 0 Å². The summed E-state index contributed by atoms with van der Waals surface area (Å²) in [7, 11) is 0. The Morgan fingerprint density at radius 1 is 1.32 bits per heavy atom. The first-order chi connectivity index (χ1) is 9.08. The van der Waals surface area contributed by atoms with Crippen molar-refractivity contribution in [3.63, 3.8) is 0 Å². The largest absolute Gasteiger partial charge is 0.481 e. The molecule has 0 bridgehead atoms. The molecule has 1 N–H and O–H groups in total. The monoisotopic (exact) mass is 261 g/mol. The number of rotatable bonds is 6. The fourth-order valence-corrected chi connectivity index (χ4v) is 2.30. The van der Waals surface area contributed by atoms with Gasteiger partial charge in [0.15, 0.2) is 0 Å². The van der Waals surface area contributed by atoms with Crippen LogP contribution in [0, 0.1) is 5.92 Å². The van der Waals surface area contributed by atoms with Crippen LogP contribution in [0.4, 0.5) is 0 Å². The first-order valence-electron chi connectivity index (χ1n) is 6.63. The standard InChI is InChI=1S/C15H19NO3/c1-11(13-7-8-13)16(14(17)9-15(18)19)10-12-5-3-2-4-6-12/h2-6,11,13H,7-10H2,1H3,(H,18,19). The second-order valence-electron chi connectivity index (χ2n) is 5.16. The zero-order chi connectivity index (χ0) is 13.8. The molecular formula is C15H19NO3. The quantitative estimate of drug-likeness (QED) is 0.799. The lowest BCUT2D eigenvalue weighted by molar-refractivity contribution is -0.145. The number of carboxylic acid groups (broad SMARTS) is 1. The van der Waals surface area contributed by atoms with Crippen LogP contribution < -0.4 is 0 Å². The van der Waals surface area contributed by atoms with Crippen molar-refractivity contribution in [2.24, 2.45) is 5.92 Å². The molecular weight excluding hydrogens is 242 g/mol. The Morgan fingerprint density at radius 3 is 2.47 bits per heavy atom. The molecule has 0 aromatic heterocycles. The zero-order valence-corrected chi connectivity index (χ0v) is 11.1. The van der Waals surface area contributed by atoms with E-state index in [0.717, 1.165) is 18.4 Å². The van der Waals surface area contributed by atoms with Crippen molar-refractivity contribution in [1.29, 1.82) is 0 Å². The number of amides is 1. The molecule has 1 saturated carbocycles. The molecule has 2 rings (SSSR count). The predicted molar refractivity (Wildman–Crippen MR) is 71.4 cm³/mol. The third-order valence-corrected chi connectivity index (χ3v) is 3.61. The van der Waals surface area contributed by atoms with Gasteiger partial charge >= 0.3 is 5.97 Å². The van der Waals surface area contributed by atoms with E-state index in [1.165, 1.54) is 0 Å². The average Bonchev–Trinajstić information content (AvgIpc) is 3.19. The molecule has 0 spiro atoms. The van der Waals surface area contributed by atoms with Crippen LogP contribution >= 0.6 is 0 Å². The highest BCUT2D eigenvalue weighted by Gasteiger charge is 2.34. The Labute approximate surface area is 113 Å². The number of nitrogens with zero attached hydrogens (tertiary/aromatic N) is 1. The molecule has 1 atom stereocenters. The van der Waals surface area contributed by atoms with E-state index in [0.29, 0.717) is 12.5 Å². The number of hydrogen-bond donors (Lipinski definition) is 1. The molecule has 19 heavy (non-hydrogen) atoms. The van der Waals surface area contributed by atoms with Gasteiger partial charge in [-0.1, -0.05) is 30.3 Å². The normalized spacial score (nSPS) is 15.8. The average molecular weight is 261 g/mol. The SMILES string of the molecule is CC(C1CC1)N(Cc1ccccc1)C(=O)CC(=O)O. The van der Waals surface area contributed by atoms with Gasteiger partial charge in [-0.05, 0) is 31.2 Å². The lowest BCUT2D eigenvalue weighted by atomic mass is 10.1. The molecule has 1 amide bonds. The molecule has 1 unspecified atom stereocenters. The molecule has 0 radical (unpaired) electrons. The van der Waals surface area contributed by atoms with Gasteiger partial charge in [-0.15, -0.1) is 0 Å². The van der Waals surface area contributed by atoms with Gasteiger partial charge < -0.3 is 10.0 Å². The van der Waals surface area contributed by atoms with E-state index in [-0.39, 0.29) is 11.9 Å². The Hall–Kier alpha value is -1.84. The van der Waals surface area contributed by atoms with Crippen molar-refractivity contribution >= 4 is 11.9 Å². The molecule has 102 valence electrons. The van der Waals surface area contributed by atoms with Crippen molar-refractivity contribution in [3.8, 4) is 0 Å². The highest BCUT2D eigenvalue weighted by molar-refractivity contribution is 5.93. The number of aliphatic carboxylic acids is 1. The Morgan fingerprint density at radius 2 is 1.95 bits per heavy atom. The van der Waals surface area contributed by atoms with E-state index < -0.39 is 12.4 Å². The second-order valence-corrected chi connectivity index (χ2v) is 5.16. The maximum absolute atomic E-state index is 12.1. The second kappa shape index (κ2) is 5.87. The third kappa shape index (κ3) is 3.81. The van der Waals surface area contributed by atoms with Crippen LogP contribution in [0.3, 0.4) is 0 Å². The van der Waals surface area contributed by atoms with Crippen molar-refractivity contribution in [1.82, 2.24) is 4.90 Å². The molecule has 1 fully saturated rings. The fourth-order valence-electron chi connectivity index (χ4n) is 2.30. The van der Waals surface area contributed by atoms with Crippen LogP contribution in [0.15, 0.2) is 30.3 Å². The zero-order valence-electron chi connectivity index (χ0n) is 11.1. The molecule has 4 heteroatoms. The minimum Gasteiger partial charge on any atom is -0.481 e. The summed E-state index contributed by atoms with van der Waals surface area (Å²) in [6, 6.07) is 9.82. The predicted octanol–water partition coefficient (Wildman–Crippen LogP) is 2.29. The van der Waals surface area contributed by atoms with Crippen LogP contribution in [0.25, 0.3) is 0 Å². The molecule has 1 aliphatic carbocycles. The van der Waals surface area contributed by atoms with Crippen molar-refractivity contribution < 1.29 is 14.7 Å². The number of hydrogen-bond acceptors (Lipinski definition) is 2. The molecule has 1 aliphatic rings. The van der Waals surface area contributed by atoms with Crippen molar-refractivity contribution in [2.45, 2.75) is 38.8 Å². The van der Waals surface area contributed by atoms with Crippen LogP contribution in [-0.4, -0.2) is 27.9 Å². The first kappa shape index (κ1) is 13.6. The molecule has 0 aliphatic heterocycles. The number of carbonyl (C=O) groups excluding carboxylic acids is 1. The molecule has 1 aromatic rings. The minimum atomic E-state index is -1.06. The van der Waals surface area contributed by atoms with Gasteiger partial charge in [0, 0.05) is 12.6 Å². The first-order valence-corrected chi connectivity index (χ1v) is 6.63. The van der Waals surface area contributed by atoms with E-state index in [1.807, 2.05) is 37.3 Å². The highest BCUT2D eigenvalue weighted by atomic mass is 16.4. The van der Waals surface area contributed by atoms with Gasteiger partial charge in [-0.2, -0.15) is 0 Å². The summed E-state index contributed by atoms with van der Waals surface area (Å²) in [4.78, 5) is 24.5. The maximum atomic E-state index is 12.1. The van der Waals surface area contributed by atoms with Gasteiger partial charge in [0.05, 0.1) is 0 Å². The number of benzene rings is 1. The van der Waals surface area contributed by atoms with E-state index in [2.05, 4.69) is 0 Å². The van der Waals surface area contributed by atoms with Gasteiger partial charge in [0.1, 0.15) is 6.42 Å². The maximum Gasteiger partial charge on any atom is 0.312 e. The molecule has 0 saturated heterocycles. The van der Waals surface area contributed by atoms with Gasteiger partial charge in [0.25, 0.3) is 0 Å². The summed E-state index contributed by atoms with van der Waals surface area (Å²) in [5.74, 6) is -0.830. The van der Waals surface area contributed by atoms with Crippen molar-refractivity contribution in [3.05, 3.63) is 35.9 Å². The Balaban J connectivity index is 2.09. The summed E-state index contributed by atoms with van der Waals surface area (Å²) in [6.45, 7) is 2.50. The van der Waals surface area contributed by atoms with Crippen LogP contribution in [-0.2, 0) is 16.1 Å². The van der Waals surface area contributed by atoms with Crippen LogP contribution in [0.2, 0.25) is 0 Å². The van der Waals surface area contributed by atoms with Crippen LogP contribution in [0.1, 0.15) is 31.7 Å². The number of carboxylic acids is 1. The Kier molecular flexibility index (Phi) is 4.20. The summed E-state index contributed by atoms with van der Waals surface area (Å²) >= 11 is 0. The summed E-state index contributed by atoms with van der Waals surface area (Å²) in [5, 5.41) is 8.79. The molecule has 1 aromatic carbocycles. The van der Waals surface area contributed by atoms with E-state index in [4.69, 9.17) is 5.11 Å². The lowest BCUT2D eigenvalue weighted by Gasteiger charge is -2.29. The fraction of sp³-hybridized carbons (Fsp3) is 0.467.